The molecule has 0 aromatic carbocycles. The molecule has 1 heterocycles. The van der Waals surface area contributed by atoms with Crippen LogP contribution in [0.5, 0.6) is 0 Å². The van der Waals surface area contributed by atoms with E-state index in [1.807, 2.05) is 0 Å². The number of carbonyl (C=O) groups excluding carboxylic acids is 1. The van der Waals surface area contributed by atoms with E-state index >= 15 is 0 Å². The van der Waals surface area contributed by atoms with Gasteiger partial charge in [-0.25, -0.2) is 0 Å². The molecule has 1 rings (SSSR count). The summed E-state index contributed by atoms with van der Waals surface area (Å²) >= 11 is 0. The van der Waals surface area contributed by atoms with E-state index in [2.05, 4.69) is 15.9 Å². The Morgan fingerprint density at radius 2 is 2.22 bits per heavy atom. The first-order valence-corrected chi connectivity index (χ1v) is 5.39. The molecule has 0 amide bonds. The van der Waals surface area contributed by atoms with Gasteiger partial charge in [0.2, 0.25) is 5.60 Å². The smallest absolute Gasteiger partial charge is 0.588 e. The molecule has 5 nitrogen and oxygen atoms in total. The molecule has 8 heteroatoms. The van der Waals surface area contributed by atoms with Crippen LogP contribution >= 0.6 is 0 Å². The van der Waals surface area contributed by atoms with Crippen LogP contribution in [0.2, 0.25) is 0 Å². The van der Waals surface area contributed by atoms with E-state index < -0.39 is 24.4 Å². The van der Waals surface area contributed by atoms with Crippen molar-refractivity contribution in [3.63, 3.8) is 0 Å². The fourth-order valence-electron chi connectivity index (χ4n) is 1.92. The Morgan fingerprint density at radius 3 is 2.61 bits per heavy atom. The quantitative estimate of drug-likeness (QED) is 0.330. The number of hydrogen-bond acceptors (Lipinski definition) is 4. The Labute approximate surface area is 104 Å². The van der Waals surface area contributed by atoms with Crippen molar-refractivity contribution in [2.24, 2.45) is 5.92 Å². The molecule has 0 N–H and O–H groups in total. The second kappa shape index (κ2) is 4.68. The van der Waals surface area contributed by atoms with Gasteiger partial charge in [-0.05, 0) is 6.92 Å². The van der Waals surface area contributed by atoms with Crippen molar-refractivity contribution in [3.05, 3.63) is 12.7 Å². The summed E-state index contributed by atoms with van der Waals surface area (Å²) in [5.74, 6) is -1.67. The molecule has 18 heavy (non-hydrogen) atoms. The normalized spacial score (nSPS) is 30.3. The van der Waals surface area contributed by atoms with Crippen LogP contribution in [0.4, 0.5) is 8.63 Å². The van der Waals surface area contributed by atoms with Gasteiger partial charge in [-0.1, -0.05) is 13.0 Å². The molecule has 1 fully saturated rings. The van der Waals surface area contributed by atoms with Crippen molar-refractivity contribution >= 4 is 18.8 Å². The summed E-state index contributed by atoms with van der Waals surface area (Å²) in [6.07, 6.45) is 1.35. The highest BCUT2D eigenvalue weighted by Crippen LogP contribution is 2.38. The van der Waals surface area contributed by atoms with Gasteiger partial charge in [-0.15, -0.1) is 6.58 Å². The van der Waals surface area contributed by atoms with E-state index in [-0.39, 0.29) is 5.90 Å². The molecule has 0 saturated carbocycles. The maximum absolute atomic E-state index is 13.4. The second-order valence-electron chi connectivity index (χ2n) is 4.07. The molecule has 0 aromatic rings. The standard InChI is InChI=1S/C10H16BF2NO4/c1-6-7(2)10(8(3)15)9(14(4)16-5)17-11(12,13)18-10/h6-7H,1H2,2-5H3/b14-9+/t7-,10+/m1/s1. The van der Waals surface area contributed by atoms with Crippen molar-refractivity contribution in [1.82, 2.24) is 0 Å². The summed E-state index contributed by atoms with van der Waals surface area (Å²) in [6.45, 7) is 6.20. The lowest BCUT2D eigenvalue weighted by Gasteiger charge is -2.29. The van der Waals surface area contributed by atoms with Gasteiger partial charge < -0.3 is 17.9 Å². The van der Waals surface area contributed by atoms with Gasteiger partial charge in [-0.3, -0.25) is 9.63 Å². The van der Waals surface area contributed by atoms with E-state index in [1.54, 1.807) is 6.92 Å². The van der Waals surface area contributed by atoms with Crippen molar-refractivity contribution in [1.29, 1.82) is 0 Å². The molecule has 0 unspecified atom stereocenters. The van der Waals surface area contributed by atoms with Crippen molar-refractivity contribution < 1.29 is 32.3 Å². The first-order valence-electron chi connectivity index (χ1n) is 5.39. The molecular formula is C10H16BF2NO4. The van der Waals surface area contributed by atoms with Gasteiger partial charge in [0, 0.05) is 10.7 Å². The highest BCUT2D eigenvalue weighted by atomic mass is 19.3. The SMILES string of the molecule is C=C[C@@H](C)[C@@]1(C(C)=O)O[B-](F)(F)O/C1=[N+](\C)OC. The van der Waals surface area contributed by atoms with Crippen LogP contribution in [-0.4, -0.2) is 43.3 Å². The minimum Gasteiger partial charge on any atom is -0.588 e. The van der Waals surface area contributed by atoms with Gasteiger partial charge in [0.15, 0.2) is 12.8 Å². The Morgan fingerprint density at radius 1 is 1.67 bits per heavy atom. The lowest BCUT2D eigenvalue weighted by atomic mass is 9.84. The summed E-state index contributed by atoms with van der Waals surface area (Å²) in [5, 5.41) is 0. The first kappa shape index (κ1) is 14.6. The minimum atomic E-state index is -4.56. The highest BCUT2D eigenvalue weighted by molar-refractivity contribution is 6.57. The lowest BCUT2D eigenvalue weighted by Crippen LogP contribution is -2.52. The van der Waals surface area contributed by atoms with E-state index in [0.29, 0.717) is 0 Å². The largest absolute Gasteiger partial charge is 0.668 e. The molecule has 0 spiro atoms. The molecule has 2 atom stereocenters. The molecule has 102 valence electrons. The van der Waals surface area contributed by atoms with Gasteiger partial charge >= 0.3 is 13.0 Å². The number of ketones is 1. The zero-order valence-electron chi connectivity index (χ0n) is 10.8. The number of hydrogen-bond donors (Lipinski definition) is 0. The Hall–Kier alpha value is -1.44. The average molecular weight is 263 g/mol. The molecule has 0 aromatic heterocycles. The fourth-order valence-corrected chi connectivity index (χ4v) is 1.92. The van der Waals surface area contributed by atoms with Crippen LogP contribution in [-0.2, 0) is 18.9 Å². The number of Topliss-reactive ketones (excluding diaryl/α,β-unsaturated/α-hetero) is 1. The molecular weight excluding hydrogens is 247 g/mol. The van der Waals surface area contributed by atoms with E-state index in [4.69, 9.17) is 4.84 Å². The number of hydroxylamine groups is 1. The van der Waals surface area contributed by atoms with Crippen LogP contribution in [0.3, 0.4) is 0 Å². The first-order chi connectivity index (χ1) is 8.21. The lowest BCUT2D eigenvalue weighted by molar-refractivity contribution is -0.766. The Kier molecular flexibility index (Phi) is 3.80. The van der Waals surface area contributed by atoms with Crippen molar-refractivity contribution in [2.45, 2.75) is 19.4 Å². The van der Waals surface area contributed by atoms with Crippen molar-refractivity contribution in [2.75, 3.05) is 14.2 Å². The van der Waals surface area contributed by atoms with Crippen LogP contribution in [0.1, 0.15) is 13.8 Å². The number of halogens is 2. The number of nitrogens with zero attached hydrogens (tertiary/aromatic N) is 1. The summed E-state index contributed by atoms with van der Waals surface area (Å²) in [6, 6.07) is 0. The predicted molar refractivity (Wildman–Crippen MR) is 61.1 cm³/mol. The predicted octanol–water partition coefficient (Wildman–Crippen LogP) is 1.16. The zero-order valence-corrected chi connectivity index (χ0v) is 10.8. The number of rotatable bonds is 4. The fraction of sp³-hybridized carbons (Fsp3) is 0.600. The molecule has 0 bridgehead atoms. The molecule has 0 radical (unpaired) electrons. The third-order valence-corrected chi connectivity index (χ3v) is 2.97. The second-order valence-corrected chi connectivity index (χ2v) is 4.07. The molecule has 1 aliphatic heterocycles. The van der Waals surface area contributed by atoms with Crippen LogP contribution in [0, 0.1) is 5.92 Å². The monoisotopic (exact) mass is 263 g/mol. The third-order valence-electron chi connectivity index (χ3n) is 2.97. The molecule has 1 aliphatic rings. The van der Waals surface area contributed by atoms with E-state index in [1.165, 1.54) is 20.2 Å². The maximum Gasteiger partial charge on any atom is 0.668 e. The van der Waals surface area contributed by atoms with E-state index in [9.17, 15) is 13.4 Å². The van der Waals surface area contributed by atoms with Crippen molar-refractivity contribution in [3.8, 4) is 0 Å². The van der Waals surface area contributed by atoms with Gasteiger partial charge in [0.1, 0.15) is 7.11 Å². The molecule has 1 saturated heterocycles. The van der Waals surface area contributed by atoms with Crippen LogP contribution in [0.15, 0.2) is 12.7 Å². The summed E-state index contributed by atoms with van der Waals surface area (Å²) in [5.41, 5.74) is -1.91. The van der Waals surface area contributed by atoms with Gasteiger partial charge in [-0.2, -0.15) is 0 Å². The third kappa shape index (κ3) is 2.12. The van der Waals surface area contributed by atoms with Gasteiger partial charge in [0.25, 0.3) is 0 Å². The summed E-state index contributed by atoms with van der Waals surface area (Å²) in [4.78, 5) is 16.6. The van der Waals surface area contributed by atoms with Crippen LogP contribution < -0.4 is 0 Å². The maximum atomic E-state index is 13.4. The summed E-state index contributed by atoms with van der Waals surface area (Å²) < 4.78 is 36.8. The topological polar surface area (TPSA) is 47.8 Å². The van der Waals surface area contributed by atoms with E-state index in [0.717, 1.165) is 11.7 Å². The average Bonchev–Trinajstić information content (AvgIpc) is 2.60. The van der Waals surface area contributed by atoms with Gasteiger partial charge in [0.05, 0.1) is 0 Å². The molecule has 0 aliphatic carbocycles. The number of carbonyl (C=O) groups is 1. The Balaban J connectivity index is 3.47. The minimum absolute atomic E-state index is 0.366. The Bertz CT molecular complexity index is 413. The highest BCUT2D eigenvalue weighted by Gasteiger charge is 2.64. The summed E-state index contributed by atoms with van der Waals surface area (Å²) in [7, 11) is -1.94. The van der Waals surface area contributed by atoms with Crippen LogP contribution in [0.25, 0.3) is 0 Å². The zero-order chi connectivity index (χ0) is 14.1.